The molecule has 0 radical (unpaired) electrons. The van der Waals surface area contributed by atoms with E-state index in [0.29, 0.717) is 5.75 Å². The lowest BCUT2D eigenvalue weighted by Crippen LogP contribution is -2.29. The lowest BCUT2D eigenvalue weighted by molar-refractivity contribution is -0.126. The van der Waals surface area contributed by atoms with Crippen LogP contribution in [0.1, 0.15) is 16.3 Å². The topological polar surface area (TPSA) is 58.1 Å². The quantitative estimate of drug-likeness (QED) is 0.583. The maximum absolute atomic E-state index is 12.0. The minimum Gasteiger partial charge on any atom is -0.360 e. The Hall–Kier alpha value is -1.83. The summed E-state index contributed by atoms with van der Waals surface area (Å²) in [6, 6.07) is 7.72. The predicted molar refractivity (Wildman–Crippen MR) is 115 cm³/mol. The van der Waals surface area contributed by atoms with Crippen molar-refractivity contribution < 1.29 is 4.79 Å². The Kier molecular flexibility index (Phi) is 6.24. The van der Waals surface area contributed by atoms with Gasteiger partial charge in [-0.3, -0.25) is 4.79 Å². The molecule has 0 atom stereocenters. The summed E-state index contributed by atoms with van der Waals surface area (Å²) >= 11 is 9.26. The van der Waals surface area contributed by atoms with Gasteiger partial charge in [-0.05, 0) is 43.7 Å². The van der Waals surface area contributed by atoms with E-state index in [2.05, 4.69) is 19.2 Å². The summed E-state index contributed by atoms with van der Waals surface area (Å²) in [7, 11) is 3.49. The number of halogens is 1. The number of carbonyl (C=O) groups excluding carboxylic acids is 1. The second-order valence-corrected chi connectivity index (χ2v) is 9.02. The summed E-state index contributed by atoms with van der Waals surface area (Å²) in [6.45, 7) is 4.36. The maximum atomic E-state index is 12.0. The van der Waals surface area contributed by atoms with Crippen molar-refractivity contribution in [2.75, 3.05) is 26.0 Å². The SMILES string of the molecule is Cc1sc2nc(CSc3ccc(Cl)cc3)nc(NCC(=O)N(C)C)c2c1C. The fraction of sp³-hybridized carbons (Fsp3) is 0.316. The van der Waals surface area contributed by atoms with Gasteiger partial charge in [-0.2, -0.15) is 0 Å². The third-order valence-corrected chi connectivity index (χ3v) is 6.52. The molecular formula is C19H21ClN4OS2. The summed E-state index contributed by atoms with van der Waals surface area (Å²) < 4.78 is 0. The second kappa shape index (κ2) is 8.46. The molecule has 1 amide bonds. The van der Waals surface area contributed by atoms with Crippen LogP contribution in [0.2, 0.25) is 5.02 Å². The van der Waals surface area contributed by atoms with Crippen molar-refractivity contribution in [1.29, 1.82) is 0 Å². The summed E-state index contributed by atoms with van der Waals surface area (Å²) in [6.07, 6.45) is 0. The fourth-order valence-corrected chi connectivity index (χ4v) is 4.41. The van der Waals surface area contributed by atoms with Crippen LogP contribution in [0.15, 0.2) is 29.2 Å². The van der Waals surface area contributed by atoms with Crippen molar-refractivity contribution in [3.05, 3.63) is 45.6 Å². The predicted octanol–water partition coefficient (Wildman–Crippen LogP) is 4.75. The number of amides is 1. The molecule has 0 unspecified atom stereocenters. The van der Waals surface area contributed by atoms with E-state index in [1.165, 1.54) is 4.88 Å². The monoisotopic (exact) mass is 420 g/mol. The van der Waals surface area contributed by atoms with Crippen molar-refractivity contribution in [3.63, 3.8) is 0 Å². The molecule has 3 rings (SSSR count). The van der Waals surface area contributed by atoms with Crippen LogP contribution in [0.3, 0.4) is 0 Å². The van der Waals surface area contributed by atoms with Crippen molar-refractivity contribution in [1.82, 2.24) is 14.9 Å². The smallest absolute Gasteiger partial charge is 0.241 e. The van der Waals surface area contributed by atoms with Crippen LogP contribution in [0.25, 0.3) is 10.2 Å². The number of nitrogens with zero attached hydrogens (tertiary/aromatic N) is 3. The number of aromatic nitrogens is 2. The number of rotatable bonds is 6. The first-order chi connectivity index (χ1) is 12.8. The molecular weight excluding hydrogens is 400 g/mol. The van der Waals surface area contributed by atoms with Crippen molar-refractivity contribution in [2.24, 2.45) is 0 Å². The molecule has 27 heavy (non-hydrogen) atoms. The molecule has 3 aromatic rings. The zero-order chi connectivity index (χ0) is 19.6. The fourth-order valence-electron chi connectivity index (χ4n) is 2.48. The van der Waals surface area contributed by atoms with E-state index in [4.69, 9.17) is 21.6 Å². The summed E-state index contributed by atoms with van der Waals surface area (Å²) in [5, 5.41) is 4.93. The highest BCUT2D eigenvalue weighted by Crippen LogP contribution is 2.34. The number of hydrogen-bond acceptors (Lipinski definition) is 6. The van der Waals surface area contributed by atoms with Gasteiger partial charge in [0.2, 0.25) is 5.91 Å². The number of likely N-dealkylation sites (N-methyl/N-ethyl adjacent to an activating group) is 1. The van der Waals surface area contributed by atoms with E-state index >= 15 is 0 Å². The van der Waals surface area contributed by atoms with Gasteiger partial charge in [0.05, 0.1) is 17.7 Å². The minimum atomic E-state index is 0.00320. The number of aryl methyl sites for hydroxylation is 2. The largest absolute Gasteiger partial charge is 0.360 e. The molecule has 0 saturated carbocycles. The van der Waals surface area contributed by atoms with E-state index in [1.54, 1.807) is 42.1 Å². The number of fused-ring (bicyclic) bond motifs is 1. The normalized spacial score (nSPS) is 11.0. The van der Waals surface area contributed by atoms with Crippen LogP contribution in [0.5, 0.6) is 0 Å². The van der Waals surface area contributed by atoms with Crippen LogP contribution >= 0.6 is 34.7 Å². The van der Waals surface area contributed by atoms with Crippen LogP contribution in [-0.4, -0.2) is 41.4 Å². The van der Waals surface area contributed by atoms with E-state index < -0.39 is 0 Å². The number of carbonyl (C=O) groups is 1. The molecule has 0 bridgehead atoms. The van der Waals surface area contributed by atoms with Crippen molar-refractivity contribution in [3.8, 4) is 0 Å². The van der Waals surface area contributed by atoms with Crippen LogP contribution in [0, 0.1) is 13.8 Å². The minimum absolute atomic E-state index is 0.00320. The molecule has 142 valence electrons. The molecule has 2 heterocycles. The van der Waals surface area contributed by atoms with E-state index in [-0.39, 0.29) is 12.5 Å². The lowest BCUT2D eigenvalue weighted by Gasteiger charge is -2.13. The third kappa shape index (κ3) is 4.72. The molecule has 8 heteroatoms. The molecule has 0 spiro atoms. The van der Waals surface area contributed by atoms with Crippen LogP contribution in [0.4, 0.5) is 5.82 Å². The maximum Gasteiger partial charge on any atom is 0.241 e. The zero-order valence-corrected chi connectivity index (χ0v) is 18.1. The zero-order valence-electron chi connectivity index (χ0n) is 15.7. The Morgan fingerprint density at radius 2 is 1.93 bits per heavy atom. The van der Waals surface area contributed by atoms with Gasteiger partial charge in [-0.1, -0.05) is 11.6 Å². The number of benzene rings is 1. The number of nitrogens with one attached hydrogen (secondary N) is 1. The first-order valence-electron chi connectivity index (χ1n) is 8.44. The average Bonchev–Trinajstić information content (AvgIpc) is 2.93. The molecule has 0 saturated heterocycles. The Morgan fingerprint density at radius 3 is 2.59 bits per heavy atom. The van der Waals surface area contributed by atoms with Crippen molar-refractivity contribution >= 4 is 56.6 Å². The summed E-state index contributed by atoms with van der Waals surface area (Å²) in [4.78, 5) is 26.3. The highest BCUT2D eigenvalue weighted by atomic mass is 35.5. The van der Waals surface area contributed by atoms with E-state index in [1.807, 2.05) is 24.3 Å². The molecule has 1 N–H and O–H groups in total. The molecule has 0 aliphatic rings. The molecule has 1 aromatic carbocycles. The van der Waals surface area contributed by atoms with Gasteiger partial charge in [0.1, 0.15) is 16.5 Å². The highest BCUT2D eigenvalue weighted by molar-refractivity contribution is 7.98. The molecule has 5 nitrogen and oxygen atoms in total. The number of anilines is 1. The Morgan fingerprint density at radius 1 is 1.22 bits per heavy atom. The van der Waals surface area contributed by atoms with E-state index in [0.717, 1.165) is 37.3 Å². The van der Waals surface area contributed by atoms with Gasteiger partial charge in [0, 0.05) is 28.9 Å². The first kappa shape index (κ1) is 19.9. The van der Waals surface area contributed by atoms with Gasteiger partial charge in [-0.25, -0.2) is 9.97 Å². The van der Waals surface area contributed by atoms with Crippen LogP contribution < -0.4 is 5.32 Å². The summed E-state index contributed by atoms with van der Waals surface area (Å²) in [5.74, 6) is 2.11. The molecule has 0 aliphatic carbocycles. The van der Waals surface area contributed by atoms with Gasteiger partial charge < -0.3 is 10.2 Å². The van der Waals surface area contributed by atoms with Crippen molar-refractivity contribution in [2.45, 2.75) is 24.5 Å². The van der Waals surface area contributed by atoms with Gasteiger partial charge >= 0.3 is 0 Å². The van der Waals surface area contributed by atoms with Crippen LogP contribution in [-0.2, 0) is 10.5 Å². The highest BCUT2D eigenvalue weighted by Gasteiger charge is 2.16. The molecule has 0 aliphatic heterocycles. The Balaban J connectivity index is 1.87. The van der Waals surface area contributed by atoms with E-state index in [9.17, 15) is 4.79 Å². The van der Waals surface area contributed by atoms with Gasteiger partial charge in [-0.15, -0.1) is 23.1 Å². The van der Waals surface area contributed by atoms with Gasteiger partial charge in [0.25, 0.3) is 0 Å². The second-order valence-electron chi connectivity index (χ2n) is 6.34. The number of hydrogen-bond donors (Lipinski definition) is 1. The molecule has 2 aromatic heterocycles. The number of thioether (sulfide) groups is 1. The lowest BCUT2D eigenvalue weighted by atomic mass is 10.2. The average molecular weight is 421 g/mol. The third-order valence-electron chi connectivity index (χ3n) is 4.16. The Labute approximate surface area is 172 Å². The Bertz CT molecular complexity index is 970. The molecule has 0 fully saturated rings. The van der Waals surface area contributed by atoms with Gasteiger partial charge in [0.15, 0.2) is 0 Å². The standard InChI is InChI=1S/C19H21ClN4OS2/c1-11-12(2)27-19-17(11)18(21-9-16(25)24(3)4)22-15(23-19)10-26-14-7-5-13(20)6-8-14/h5-8H,9-10H2,1-4H3,(H,21,22,23). The number of thiophene rings is 1. The first-order valence-corrected chi connectivity index (χ1v) is 10.6. The summed E-state index contributed by atoms with van der Waals surface area (Å²) in [5.41, 5.74) is 1.16.